The largest absolute Gasteiger partial charge is 0.390 e. The Morgan fingerprint density at radius 2 is 0.818 bits per heavy atom. The first-order valence-electron chi connectivity index (χ1n) is 19.0. The summed E-state index contributed by atoms with van der Waals surface area (Å²) in [7, 11) is 0. The van der Waals surface area contributed by atoms with Crippen LogP contribution in [0.5, 0.6) is 0 Å². The molecular weight excluding hydrogens is 544 g/mol. The lowest BCUT2D eigenvalue weighted by Crippen LogP contribution is -2.39. The second kappa shape index (κ2) is 35.1. The van der Waals surface area contributed by atoms with E-state index in [2.05, 4.69) is 35.5 Å². The number of hydrogen-bond acceptors (Lipinski definition) is 6. The van der Waals surface area contributed by atoms with E-state index < -0.39 is 12.2 Å². The summed E-state index contributed by atoms with van der Waals surface area (Å²) in [5.41, 5.74) is 11.5. The summed E-state index contributed by atoms with van der Waals surface area (Å²) in [6.07, 6.45) is 35.4. The summed E-state index contributed by atoms with van der Waals surface area (Å²) in [4.78, 5) is 4.82. The molecule has 6 N–H and O–H groups in total. The number of nitrogens with two attached hydrogens (primary N) is 2. The predicted molar refractivity (Wildman–Crippen MR) is 194 cm³/mol. The highest BCUT2D eigenvalue weighted by Gasteiger charge is 2.13. The molecule has 2 unspecified atom stereocenters. The highest BCUT2D eigenvalue weighted by Crippen LogP contribution is 2.12. The Balaban J connectivity index is 4.10. The Labute approximate surface area is 275 Å². The van der Waals surface area contributed by atoms with Crippen LogP contribution in [0.15, 0.2) is 24.8 Å². The van der Waals surface area contributed by atoms with E-state index >= 15 is 0 Å². The molecule has 0 spiro atoms. The van der Waals surface area contributed by atoms with Crippen LogP contribution in [0.1, 0.15) is 155 Å². The van der Waals surface area contributed by atoms with Crippen LogP contribution in [0.3, 0.4) is 0 Å². The van der Waals surface area contributed by atoms with Crippen molar-refractivity contribution in [2.75, 3.05) is 52.4 Å². The van der Waals surface area contributed by atoms with Crippen molar-refractivity contribution in [3.8, 4) is 0 Å². The summed E-state index contributed by atoms with van der Waals surface area (Å²) >= 11 is 0. The first kappa shape index (κ1) is 43.2. The molecule has 0 saturated carbocycles. The number of allylic oxidation sites excluding steroid dienone is 3. The fourth-order valence-electron chi connectivity index (χ4n) is 5.92. The maximum absolute atomic E-state index is 10.2. The van der Waals surface area contributed by atoms with E-state index in [1.165, 1.54) is 128 Å². The molecule has 0 bridgehead atoms. The molecule has 0 rings (SSSR count). The predicted octanol–water partition coefficient (Wildman–Crippen LogP) is 7.96. The Morgan fingerprint density at radius 3 is 1.18 bits per heavy atom. The number of nitrogens with zero attached hydrogens (tertiary/aromatic N) is 2. The molecule has 0 radical (unpaired) electrons. The Kier molecular flexibility index (Phi) is 34.5. The summed E-state index contributed by atoms with van der Waals surface area (Å²) in [6, 6.07) is 0. The maximum Gasteiger partial charge on any atom is 0.0789 e. The molecule has 0 aliphatic carbocycles. The van der Waals surface area contributed by atoms with Crippen LogP contribution in [-0.2, 0) is 0 Å². The van der Waals surface area contributed by atoms with Crippen molar-refractivity contribution in [3.05, 3.63) is 24.8 Å². The molecule has 0 saturated heterocycles. The van der Waals surface area contributed by atoms with Gasteiger partial charge in [-0.2, -0.15) is 0 Å². The lowest BCUT2D eigenvalue weighted by molar-refractivity contribution is 0.107. The van der Waals surface area contributed by atoms with Crippen LogP contribution >= 0.6 is 0 Å². The van der Waals surface area contributed by atoms with E-state index in [1.54, 1.807) is 0 Å². The van der Waals surface area contributed by atoms with Crippen molar-refractivity contribution in [1.29, 1.82) is 0 Å². The van der Waals surface area contributed by atoms with E-state index in [9.17, 15) is 10.2 Å². The van der Waals surface area contributed by atoms with Crippen molar-refractivity contribution >= 4 is 0 Å². The standard InChI is InChI=1S/C38H78N4O2/c1-3-5-7-9-11-13-14-15-16-17-18-19-20-22-24-26-30-42(36-38(44)34-40)32-28-27-31-41(35-37(43)33-39)29-25-23-21-12-10-8-6-4-2/h4,15-16,37-38,43-44H,2-3,5-14,17-36,39-40H2,1H3/b16-15+. The van der Waals surface area contributed by atoms with Gasteiger partial charge in [0.25, 0.3) is 0 Å². The van der Waals surface area contributed by atoms with E-state index in [0.29, 0.717) is 26.2 Å². The summed E-state index contributed by atoms with van der Waals surface area (Å²) in [5, 5.41) is 20.4. The molecule has 6 nitrogen and oxygen atoms in total. The van der Waals surface area contributed by atoms with Gasteiger partial charge in [0.15, 0.2) is 0 Å². The third-order valence-electron chi connectivity index (χ3n) is 8.80. The van der Waals surface area contributed by atoms with Gasteiger partial charge in [-0.1, -0.05) is 109 Å². The van der Waals surface area contributed by atoms with Crippen molar-refractivity contribution in [3.63, 3.8) is 0 Å². The van der Waals surface area contributed by atoms with E-state index in [1.807, 2.05) is 6.08 Å². The fraction of sp³-hybridized carbons (Fsp3) is 0.895. The zero-order valence-electron chi connectivity index (χ0n) is 29.5. The molecule has 262 valence electrons. The van der Waals surface area contributed by atoms with Gasteiger partial charge >= 0.3 is 0 Å². The topological polar surface area (TPSA) is 99.0 Å². The molecule has 0 aromatic heterocycles. The fourth-order valence-corrected chi connectivity index (χ4v) is 5.92. The molecule has 2 atom stereocenters. The number of aliphatic hydroxyl groups is 2. The van der Waals surface area contributed by atoms with Gasteiger partial charge in [-0.15, -0.1) is 6.58 Å². The third-order valence-corrected chi connectivity index (χ3v) is 8.80. The van der Waals surface area contributed by atoms with Gasteiger partial charge in [0, 0.05) is 26.2 Å². The lowest BCUT2D eigenvalue weighted by Gasteiger charge is -2.27. The zero-order valence-corrected chi connectivity index (χ0v) is 29.5. The third kappa shape index (κ3) is 31.2. The molecular formula is C38H78N4O2. The minimum Gasteiger partial charge on any atom is -0.390 e. The van der Waals surface area contributed by atoms with Crippen LogP contribution in [0, 0.1) is 0 Å². The lowest BCUT2D eigenvalue weighted by atomic mass is 10.1. The van der Waals surface area contributed by atoms with Crippen LogP contribution in [0.4, 0.5) is 0 Å². The number of hydrogen-bond donors (Lipinski definition) is 4. The first-order valence-corrected chi connectivity index (χ1v) is 19.0. The van der Waals surface area contributed by atoms with Crippen molar-refractivity contribution < 1.29 is 10.2 Å². The van der Waals surface area contributed by atoms with E-state index in [4.69, 9.17) is 11.5 Å². The van der Waals surface area contributed by atoms with Gasteiger partial charge in [-0.25, -0.2) is 0 Å². The molecule has 0 amide bonds. The van der Waals surface area contributed by atoms with Crippen LogP contribution in [0.2, 0.25) is 0 Å². The van der Waals surface area contributed by atoms with Crippen LogP contribution in [0.25, 0.3) is 0 Å². The Morgan fingerprint density at radius 1 is 0.500 bits per heavy atom. The quantitative estimate of drug-likeness (QED) is 0.0418. The van der Waals surface area contributed by atoms with Crippen LogP contribution < -0.4 is 11.5 Å². The second-order valence-corrected chi connectivity index (χ2v) is 13.2. The molecule has 0 fully saturated rings. The van der Waals surface area contributed by atoms with Crippen molar-refractivity contribution in [1.82, 2.24) is 9.80 Å². The molecule has 0 aromatic rings. The number of aliphatic hydroxyl groups excluding tert-OH is 2. The molecule has 0 aromatic carbocycles. The zero-order chi connectivity index (χ0) is 32.4. The van der Waals surface area contributed by atoms with Gasteiger partial charge in [-0.05, 0) is 90.4 Å². The van der Waals surface area contributed by atoms with Gasteiger partial charge in [0.2, 0.25) is 0 Å². The van der Waals surface area contributed by atoms with Gasteiger partial charge in [-0.3, -0.25) is 0 Å². The minimum atomic E-state index is -0.448. The first-order chi connectivity index (χ1) is 21.6. The molecule has 44 heavy (non-hydrogen) atoms. The number of rotatable bonds is 36. The molecule has 0 heterocycles. The van der Waals surface area contributed by atoms with Gasteiger partial charge < -0.3 is 31.5 Å². The summed E-state index contributed by atoms with van der Waals surface area (Å²) in [5.74, 6) is 0. The van der Waals surface area contributed by atoms with Gasteiger partial charge in [0.05, 0.1) is 12.2 Å². The number of unbranched alkanes of at least 4 members (excludes halogenated alkanes) is 19. The van der Waals surface area contributed by atoms with Crippen molar-refractivity contribution in [2.45, 2.75) is 167 Å². The highest BCUT2D eigenvalue weighted by atomic mass is 16.3. The summed E-state index contributed by atoms with van der Waals surface area (Å²) < 4.78 is 0. The average molecular weight is 623 g/mol. The molecule has 6 heteroatoms. The molecule has 0 aliphatic heterocycles. The smallest absolute Gasteiger partial charge is 0.0789 e. The normalized spacial score (nSPS) is 13.4. The molecule has 0 aliphatic rings. The van der Waals surface area contributed by atoms with E-state index in [-0.39, 0.29) is 0 Å². The average Bonchev–Trinajstić information content (AvgIpc) is 3.03. The Hall–Kier alpha value is -0.760. The maximum atomic E-state index is 10.2. The van der Waals surface area contributed by atoms with Crippen molar-refractivity contribution in [2.24, 2.45) is 11.5 Å². The SMILES string of the molecule is C=CCCCCCCCCN(CCCCN(CCCCCCCC/C=C/CCCCCCCC)CC(O)CN)CC(O)CN. The minimum absolute atomic E-state index is 0.320. The highest BCUT2D eigenvalue weighted by molar-refractivity contribution is 4.81. The Bertz CT molecular complexity index is 603. The van der Waals surface area contributed by atoms with Crippen LogP contribution in [-0.4, -0.2) is 84.6 Å². The van der Waals surface area contributed by atoms with Gasteiger partial charge in [0.1, 0.15) is 0 Å². The second-order valence-electron chi connectivity index (χ2n) is 13.2. The monoisotopic (exact) mass is 623 g/mol. The van der Waals surface area contributed by atoms with E-state index in [0.717, 1.165) is 45.4 Å². The summed E-state index contributed by atoms with van der Waals surface area (Å²) in [6.45, 7) is 12.1.